The quantitative estimate of drug-likeness (QED) is 0.672. The normalized spacial score (nSPS) is 33.8. The highest BCUT2D eigenvalue weighted by atomic mass is 32.2. The molecule has 2 fully saturated rings. The summed E-state index contributed by atoms with van der Waals surface area (Å²) in [5.74, 6) is 2.74. The van der Waals surface area contributed by atoms with Crippen LogP contribution in [0.4, 0.5) is 0 Å². The van der Waals surface area contributed by atoms with Crippen LogP contribution in [0.3, 0.4) is 0 Å². The zero-order valence-electron chi connectivity index (χ0n) is 13.1. The Bertz CT molecular complexity index is 1000. The second-order valence-electron chi connectivity index (χ2n) is 7.47. The maximum absolute atomic E-state index is 12.1. The summed E-state index contributed by atoms with van der Waals surface area (Å²) in [6.45, 7) is 0. The van der Waals surface area contributed by atoms with Gasteiger partial charge in [-0.3, -0.25) is 4.79 Å². The number of thiazole rings is 1. The van der Waals surface area contributed by atoms with Crippen LogP contribution in [0.2, 0.25) is 0 Å². The Balaban J connectivity index is 1.61. The summed E-state index contributed by atoms with van der Waals surface area (Å²) in [4.78, 5) is 20.0. The average molecular weight is 355 g/mol. The Morgan fingerprint density at radius 2 is 2.00 bits per heavy atom. The lowest BCUT2D eigenvalue weighted by molar-refractivity contribution is 0.308. The highest BCUT2D eigenvalue weighted by Crippen LogP contribution is 2.64. The molecule has 0 radical (unpaired) electrons. The molecule has 5 atom stereocenters. The third kappa shape index (κ3) is 1.72. The lowest BCUT2D eigenvalue weighted by atomic mass is 9.75. The molecule has 3 nitrogen and oxygen atoms in total. The average Bonchev–Trinajstić information content (AvgIpc) is 3.34. The van der Waals surface area contributed by atoms with Crippen LogP contribution < -0.4 is 4.87 Å². The van der Waals surface area contributed by atoms with E-state index >= 15 is 0 Å². The molecule has 0 unspecified atom stereocenters. The van der Waals surface area contributed by atoms with E-state index in [2.05, 4.69) is 40.4 Å². The highest BCUT2D eigenvalue weighted by Gasteiger charge is 2.55. The number of rotatable bonds is 1. The first-order chi connectivity index (χ1) is 11.8. The second kappa shape index (κ2) is 4.79. The van der Waals surface area contributed by atoms with Gasteiger partial charge < -0.3 is 9.97 Å². The van der Waals surface area contributed by atoms with Gasteiger partial charge >= 0.3 is 4.87 Å². The van der Waals surface area contributed by atoms with Gasteiger partial charge in [0.2, 0.25) is 0 Å². The van der Waals surface area contributed by atoms with Crippen LogP contribution in [0.25, 0.3) is 10.9 Å². The summed E-state index contributed by atoms with van der Waals surface area (Å²) in [6.07, 6.45) is 6.34. The molecule has 122 valence electrons. The Hall–Kier alpha value is -1.46. The summed E-state index contributed by atoms with van der Waals surface area (Å²) in [5.41, 5.74) is 2.60. The van der Waals surface area contributed by atoms with E-state index in [1.807, 2.05) is 11.8 Å². The van der Waals surface area contributed by atoms with Crippen molar-refractivity contribution in [2.75, 3.05) is 0 Å². The van der Waals surface area contributed by atoms with E-state index in [-0.39, 0.29) is 4.87 Å². The van der Waals surface area contributed by atoms with E-state index < -0.39 is 0 Å². The zero-order chi connectivity index (χ0) is 15.8. The van der Waals surface area contributed by atoms with E-state index in [0.717, 1.165) is 16.9 Å². The third-order valence-electron chi connectivity index (χ3n) is 6.42. The van der Waals surface area contributed by atoms with Gasteiger partial charge in [0.1, 0.15) is 0 Å². The Morgan fingerprint density at radius 3 is 2.96 bits per heavy atom. The first kappa shape index (κ1) is 13.8. The van der Waals surface area contributed by atoms with E-state index in [1.54, 1.807) is 0 Å². The molecular weight excluding hydrogens is 336 g/mol. The van der Waals surface area contributed by atoms with Crippen molar-refractivity contribution >= 4 is 34.0 Å². The number of hydrogen-bond acceptors (Lipinski definition) is 3. The van der Waals surface area contributed by atoms with Gasteiger partial charge in [0.05, 0.1) is 5.03 Å². The molecule has 2 bridgehead atoms. The fourth-order valence-electron chi connectivity index (χ4n) is 5.55. The molecule has 5 heteroatoms. The molecule has 2 aromatic heterocycles. The molecule has 0 amide bonds. The molecule has 6 rings (SSSR count). The predicted molar refractivity (Wildman–Crippen MR) is 99.0 cm³/mol. The number of fused-ring (bicyclic) bond motifs is 7. The summed E-state index contributed by atoms with van der Waals surface area (Å²) in [6, 6.07) is 8.57. The molecule has 2 aliphatic carbocycles. The van der Waals surface area contributed by atoms with Crippen molar-refractivity contribution in [3.63, 3.8) is 0 Å². The number of benzene rings is 1. The first-order valence-corrected chi connectivity index (χ1v) is 10.4. The summed E-state index contributed by atoms with van der Waals surface area (Å²) in [5, 5.41) is 3.15. The third-order valence-corrected chi connectivity index (χ3v) is 9.05. The van der Waals surface area contributed by atoms with Gasteiger partial charge in [0, 0.05) is 33.1 Å². The minimum absolute atomic E-state index is 0.102. The van der Waals surface area contributed by atoms with Crippen LogP contribution >= 0.6 is 23.1 Å². The van der Waals surface area contributed by atoms with E-state index in [4.69, 9.17) is 0 Å². The Morgan fingerprint density at radius 1 is 1.12 bits per heavy atom. The fraction of sp³-hybridized carbons (Fsp3) is 0.421. The van der Waals surface area contributed by atoms with Gasteiger partial charge in [0.15, 0.2) is 0 Å². The smallest absolute Gasteiger partial charge is 0.305 e. The van der Waals surface area contributed by atoms with E-state index in [0.29, 0.717) is 17.1 Å². The van der Waals surface area contributed by atoms with Crippen LogP contribution in [0.1, 0.15) is 35.6 Å². The van der Waals surface area contributed by atoms with Crippen LogP contribution in [-0.2, 0) is 0 Å². The second-order valence-corrected chi connectivity index (χ2v) is 9.67. The van der Waals surface area contributed by atoms with Gasteiger partial charge in [-0.25, -0.2) is 0 Å². The minimum Gasteiger partial charge on any atom is -0.361 e. The molecule has 3 heterocycles. The summed E-state index contributed by atoms with van der Waals surface area (Å²) < 4.78 is 0. The summed E-state index contributed by atoms with van der Waals surface area (Å²) >= 11 is 3.40. The topological polar surface area (TPSA) is 48.6 Å². The van der Waals surface area contributed by atoms with Crippen molar-refractivity contribution in [1.82, 2.24) is 9.97 Å². The highest BCUT2D eigenvalue weighted by molar-refractivity contribution is 8.00. The minimum atomic E-state index is 0.102. The van der Waals surface area contributed by atoms with Crippen LogP contribution in [0.5, 0.6) is 0 Å². The lowest BCUT2D eigenvalue weighted by Crippen LogP contribution is -2.33. The number of nitrogens with one attached hydrogen (secondary N) is 2. The monoisotopic (exact) mass is 354 g/mol. The zero-order valence-corrected chi connectivity index (χ0v) is 14.8. The van der Waals surface area contributed by atoms with E-state index in [9.17, 15) is 4.79 Å². The van der Waals surface area contributed by atoms with Gasteiger partial charge in [-0.05, 0) is 48.6 Å². The molecule has 3 aromatic rings. The van der Waals surface area contributed by atoms with Crippen LogP contribution in [-0.4, -0.2) is 15.2 Å². The number of para-hydroxylation sites is 1. The number of hydrogen-bond donors (Lipinski definition) is 2. The fourth-order valence-corrected chi connectivity index (χ4v) is 8.43. The van der Waals surface area contributed by atoms with Crippen LogP contribution in [0.15, 0.2) is 40.3 Å². The van der Waals surface area contributed by atoms with Crippen LogP contribution in [0, 0.1) is 17.8 Å². The van der Waals surface area contributed by atoms with Crippen molar-refractivity contribution < 1.29 is 0 Å². The molecular formula is C19H18N2OS2. The molecule has 3 aliphatic rings. The first-order valence-electron chi connectivity index (χ1n) is 8.75. The predicted octanol–water partition coefficient (Wildman–Crippen LogP) is 4.57. The van der Waals surface area contributed by atoms with E-state index in [1.165, 1.54) is 51.9 Å². The lowest BCUT2D eigenvalue weighted by Gasteiger charge is -2.39. The Labute approximate surface area is 147 Å². The van der Waals surface area contributed by atoms with Crippen molar-refractivity contribution in [2.24, 2.45) is 17.8 Å². The van der Waals surface area contributed by atoms with Gasteiger partial charge in [0.25, 0.3) is 0 Å². The van der Waals surface area contributed by atoms with Gasteiger partial charge in [-0.1, -0.05) is 29.5 Å². The van der Waals surface area contributed by atoms with Crippen molar-refractivity contribution in [3.8, 4) is 0 Å². The maximum atomic E-state index is 12.1. The number of aromatic amines is 2. The standard InChI is InChI=1S/C19H18N2OS2/c22-19-21-18-17(24-19)15(12-8-20-13-4-2-1-3-11(12)13)14-9-5-6-10(7-9)16(14)23-18/h1-4,8-10,14-16,20H,5-7H2,(H,21,22)/t9-,10-,14+,15+,16+/m0/s1. The Kier molecular flexibility index (Phi) is 2.75. The molecule has 2 saturated carbocycles. The number of thioether (sulfide) groups is 1. The number of aromatic nitrogens is 2. The van der Waals surface area contributed by atoms with Crippen molar-refractivity contribution in [1.29, 1.82) is 0 Å². The molecule has 1 aliphatic heterocycles. The molecule has 0 saturated heterocycles. The van der Waals surface area contributed by atoms with Crippen molar-refractivity contribution in [2.45, 2.75) is 35.5 Å². The molecule has 24 heavy (non-hydrogen) atoms. The molecule has 1 aromatic carbocycles. The molecule has 0 spiro atoms. The largest absolute Gasteiger partial charge is 0.361 e. The molecule has 2 N–H and O–H groups in total. The van der Waals surface area contributed by atoms with Gasteiger partial charge in [-0.15, -0.1) is 11.8 Å². The van der Waals surface area contributed by atoms with Gasteiger partial charge in [-0.2, -0.15) is 0 Å². The van der Waals surface area contributed by atoms with Crippen molar-refractivity contribution in [3.05, 3.63) is 50.6 Å². The number of H-pyrrole nitrogens is 2. The summed E-state index contributed by atoms with van der Waals surface area (Å²) in [7, 11) is 0. The SMILES string of the molecule is O=c1[nH]c2c(s1)[C@H](c1c[nH]c3ccccc13)[C@H]1[C@H]3CC[C@@H](C3)[C@H]1S2. The maximum Gasteiger partial charge on any atom is 0.305 e.